The number of aromatic nitrogens is 2. The average Bonchev–Trinajstić information content (AvgIpc) is 2.56. The van der Waals surface area contributed by atoms with E-state index in [0.29, 0.717) is 5.15 Å². The number of fused-ring (bicyclic) bond motifs is 1. The number of hydrogen-bond donors (Lipinski definition) is 0. The van der Waals surface area contributed by atoms with Gasteiger partial charge in [-0.3, -0.25) is 4.98 Å². The number of hydrogen-bond acceptors (Lipinski definition) is 3. The molecule has 2 heterocycles. The SMILES string of the molecule is CCN(CC)c1ccc(-c2cc3ncccc3c(Cl)n2)cc1. The second-order valence-electron chi connectivity index (χ2n) is 5.09. The molecule has 0 amide bonds. The van der Waals surface area contributed by atoms with E-state index in [0.717, 1.165) is 35.2 Å². The fourth-order valence-corrected chi connectivity index (χ4v) is 2.87. The Morgan fingerprint density at radius 1 is 1.05 bits per heavy atom. The highest BCUT2D eigenvalue weighted by atomic mass is 35.5. The van der Waals surface area contributed by atoms with Crippen LogP contribution in [0.15, 0.2) is 48.7 Å². The molecule has 3 nitrogen and oxygen atoms in total. The van der Waals surface area contributed by atoms with Crippen LogP contribution in [-0.4, -0.2) is 23.1 Å². The topological polar surface area (TPSA) is 29.0 Å². The monoisotopic (exact) mass is 311 g/mol. The number of halogens is 1. The Labute approximate surface area is 135 Å². The van der Waals surface area contributed by atoms with E-state index in [1.807, 2.05) is 18.2 Å². The van der Waals surface area contributed by atoms with Crippen molar-refractivity contribution in [2.75, 3.05) is 18.0 Å². The van der Waals surface area contributed by atoms with Gasteiger partial charge in [0.05, 0.1) is 11.2 Å². The molecule has 2 aromatic heterocycles. The van der Waals surface area contributed by atoms with Gasteiger partial charge in [0, 0.05) is 35.9 Å². The molecule has 0 radical (unpaired) electrons. The fraction of sp³-hybridized carbons (Fsp3) is 0.222. The van der Waals surface area contributed by atoms with E-state index in [-0.39, 0.29) is 0 Å². The molecule has 0 bridgehead atoms. The summed E-state index contributed by atoms with van der Waals surface area (Å²) in [5.41, 5.74) is 3.98. The first-order chi connectivity index (χ1) is 10.7. The first kappa shape index (κ1) is 14.8. The van der Waals surface area contributed by atoms with E-state index in [1.54, 1.807) is 6.20 Å². The minimum atomic E-state index is 0.494. The highest BCUT2D eigenvalue weighted by Crippen LogP contribution is 2.27. The van der Waals surface area contributed by atoms with Gasteiger partial charge in [-0.2, -0.15) is 0 Å². The summed E-state index contributed by atoms with van der Waals surface area (Å²) < 4.78 is 0. The first-order valence-electron chi connectivity index (χ1n) is 7.49. The molecular formula is C18H18ClN3. The third kappa shape index (κ3) is 2.77. The molecule has 3 aromatic rings. The fourth-order valence-electron chi connectivity index (χ4n) is 2.61. The molecule has 0 saturated heterocycles. The standard InChI is InChI=1S/C18H18ClN3/c1-3-22(4-2)14-9-7-13(8-10-14)16-12-17-15(18(19)21-16)6-5-11-20-17/h5-12H,3-4H2,1-2H3. The predicted molar refractivity (Wildman–Crippen MR) is 93.5 cm³/mol. The summed E-state index contributed by atoms with van der Waals surface area (Å²) >= 11 is 6.28. The Morgan fingerprint density at radius 3 is 2.45 bits per heavy atom. The largest absolute Gasteiger partial charge is 0.372 e. The lowest BCUT2D eigenvalue weighted by Crippen LogP contribution is -2.21. The Bertz CT molecular complexity index is 780. The maximum atomic E-state index is 6.28. The molecule has 0 N–H and O–H groups in total. The smallest absolute Gasteiger partial charge is 0.139 e. The molecule has 0 unspecified atom stereocenters. The Hall–Kier alpha value is -2.13. The van der Waals surface area contributed by atoms with E-state index < -0.39 is 0 Å². The average molecular weight is 312 g/mol. The summed E-state index contributed by atoms with van der Waals surface area (Å²) in [6.07, 6.45) is 1.77. The number of pyridine rings is 2. The molecule has 0 fully saturated rings. The summed E-state index contributed by atoms with van der Waals surface area (Å²) in [4.78, 5) is 11.2. The van der Waals surface area contributed by atoms with Gasteiger partial charge in [0.1, 0.15) is 5.15 Å². The molecule has 3 rings (SSSR count). The number of anilines is 1. The molecular weight excluding hydrogens is 294 g/mol. The molecule has 4 heteroatoms. The molecule has 1 aromatic carbocycles. The summed E-state index contributed by atoms with van der Waals surface area (Å²) in [5, 5.41) is 1.38. The van der Waals surface area contributed by atoms with Gasteiger partial charge in [-0.25, -0.2) is 4.98 Å². The zero-order valence-corrected chi connectivity index (χ0v) is 13.5. The van der Waals surface area contributed by atoms with Crippen molar-refractivity contribution in [2.24, 2.45) is 0 Å². The highest BCUT2D eigenvalue weighted by molar-refractivity contribution is 6.34. The van der Waals surface area contributed by atoms with Crippen LogP contribution in [0, 0.1) is 0 Å². The summed E-state index contributed by atoms with van der Waals surface area (Å²) in [6.45, 7) is 6.32. The van der Waals surface area contributed by atoms with Crippen molar-refractivity contribution in [3.05, 3.63) is 53.8 Å². The Balaban J connectivity index is 2.01. The normalized spacial score (nSPS) is 10.9. The van der Waals surface area contributed by atoms with Gasteiger partial charge in [-0.05, 0) is 44.2 Å². The van der Waals surface area contributed by atoms with Gasteiger partial charge >= 0.3 is 0 Å². The third-order valence-electron chi connectivity index (χ3n) is 3.84. The van der Waals surface area contributed by atoms with Crippen LogP contribution in [0.25, 0.3) is 22.2 Å². The lowest BCUT2D eigenvalue weighted by Gasteiger charge is -2.21. The first-order valence-corrected chi connectivity index (χ1v) is 7.87. The highest BCUT2D eigenvalue weighted by Gasteiger charge is 2.08. The maximum absolute atomic E-state index is 6.28. The van der Waals surface area contributed by atoms with Gasteiger partial charge in [0.25, 0.3) is 0 Å². The second kappa shape index (κ2) is 6.32. The van der Waals surface area contributed by atoms with E-state index in [2.05, 4.69) is 53.0 Å². The van der Waals surface area contributed by atoms with Crippen LogP contribution in [0.5, 0.6) is 0 Å². The van der Waals surface area contributed by atoms with Crippen molar-refractivity contribution in [1.82, 2.24) is 9.97 Å². The number of benzene rings is 1. The van der Waals surface area contributed by atoms with E-state index in [4.69, 9.17) is 11.6 Å². The number of rotatable bonds is 4. The van der Waals surface area contributed by atoms with Crippen LogP contribution >= 0.6 is 11.6 Å². The van der Waals surface area contributed by atoms with Crippen molar-refractivity contribution in [3.8, 4) is 11.3 Å². The molecule has 0 aliphatic carbocycles. The lowest BCUT2D eigenvalue weighted by atomic mass is 10.1. The second-order valence-corrected chi connectivity index (χ2v) is 5.45. The van der Waals surface area contributed by atoms with Crippen molar-refractivity contribution >= 4 is 28.2 Å². The molecule has 112 valence electrons. The molecule has 0 aliphatic heterocycles. The van der Waals surface area contributed by atoms with E-state index in [1.165, 1.54) is 5.69 Å². The van der Waals surface area contributed by atoms with Crippen molar-refractivity contribution in [2.45, 2.75) is 13.8 Å². The third-order valence-corrected chi connectivity index (χ3v) is 4.13. The van der Waals surface area contributed by atoms with Crippen molar-refractivity contribution in [3.63, 3.8) is 0 Å². The molecule has 0 aliphatic rings. The van der Waals surface area contributed by atoms with Gasteiger partial charge in [0.2, 0.25) is 0 Å². The van der Waals surface area contributed by atoms with Crippen LogP contribution in [0.4, 0.5) is 5.69 Å². The summed E-state index contributed by atoms with van der Waals surface area (Å²) in [5.74, 6) is 0. The molecule has 0 saturated carbocycles. The van der Waals surface area contributed by atoms with Gasteiger partial charge < -0.3 is 4.90 Å². The Morgan fingerprint density at radius 2 is 1.77 bits per heavy atom. The minimum Gasteiger partial charge on any atom is -0.372 e. The maximum Gasteiger partial charge on any atom is 0.139 e. The lowest BCUT2D eigenvalue weighted by molar-refractivity contribution is 0.866. The van der Waals surface area contributed by atoms with Crippen LogP contribution in [-0.2, 0) is 0 Å². The van der Waals surface area contributed by atoms with Crippen LogP contribution in [0.2, 0.25) is 5.15 Å². The van der Waals surface area contributed by atoms with Crippen LogP contribution in [0.3, 0.4) is 0 Å². The summed E-state index contributed by atoms with van der Waals surface area (Å²) in [6, 6.07) is 14.2. The van der Waals surface area contributed by atoms with Gasteiger partial charge in [-0.1, -0.05) is 23.7 Å². The van der Waals surface area contributed by atoms with E-state index in [9.17, 15) is 0 Å². The molecule has 22 heavy (non-hydrogen) atoms. The summed E-state index contributed by atoms with van der Waals surface area (Å²) in [7, 11) is 0. The van der Waals surface area contributed by atoms with Crippen molar-refractivity contribution < 1.29 is 0 Å². The quantitative estimate of drug-likeness (QED) is 0.648. The van der Waals surface area contributed by atoms with Crippen LogP contribution in [0.1, 0.15) is 13.8 Å². The Kier molecular flexibility index (Phi) is 4.25. The zero-order chi connectivity index (χ0) is 15.5. The predicted octanol–water partition coefficient (Wildman–Crippen LogP) is 4.80. The minimum absolute atomic E-state index is 0.494. The van der Waals surface area contributed by atoms with E-state index >= 15 is 0 Å². The molecule has 0 spiro atoms. The van der Waals surface area contributed by atoms with Crippen LogP contribution < -0.4 is 4.90 Å². The van der Waals surface area contributed by atoms with Gasteiger partial charge in [-0.15, -0.1) is 0 Å². The molecule has 0 atom stereocenters. The zero-order valence-electron chi connectivity index (χ0n) is 12.8. The van der Waals surface area contributed by atoms with Crippen molar-refractivity contribution in [1.29, 1.82) is 0 Å². The van der Waals surface area contributed by atoms with Gasteiger partial charge in [0.15, 0.2) is 0 Å². The number of nitrogens with zero attached hydrogens (tertiary/aromatic N) is 3.